The average molecular weight is 355 g/mol. The van der Waals surface area contributed by atoms with E-state index in [0.29, 0.717) is 33.7 Å². The van der Waals surface area contributed by atoms with Crippen LogP contribution in [0.25, 0.3) is 0 Å². The van der Waals surface area contributed by atoms with E-state index in [9.17, 15) is 9.59 Å². The number of rotatable bonds is 7. The van der Waals surface area contributed by atoms with Gasteiger partial charge in [-0.05, 0) is 12.1 Å². The number of nitrogens with zero attached hydrogens (tertiary/aromatic N) is 2. The third-order valence-corrected chi connectivity index (χ3v) is 3.96. The first-order valence-electron chi connectivity index (χ1n) is 6.74. The van der Waals surface area contributed by atoms with Crippen LogP contribution < -0.4 is 10.6 Å². The number of anilines is 1. The van der Waals surface area contributed by atoms with Gasteiger partial charge in [-0.2, -0.15) is 0 Å². The monoisotopic (exact) mass is 354 g/mol. The van der Waals surface area contributed by atoms with Gasteiger partial charge in [-0.25, -0.2) is 0 Å². The summed E-state index contributed by atoms with van der Waals surface area (Å²) < 4.78 is 4.71. The lowest BCUT2D eigenvalue weighted by molar-refractivity contribution is -0.119. The topological polar surface area (TPSA) is 93.2 Å². The zero-order chi connectivity index (χ0) is 16.7. The second-order valence-electron chi connectivity index (χ2n) is 4.47. The second-order valence-corrected chi connectivity index (χ2v) is 5.94. The lowest BCUT2D eigenvalue weighted by atomic mass is 10.2. The molecule has 122 valence electrons. The van der Waals surface area contributed by atoms with Crippen LogP contribution in [0.4, 0.5) is 5.13 Å². The maximum absolute atomic E-state index is 12.0. The van der Waals surface area contributed by atoms with Gasteiger partial charge in [-0.3, -0.25) is 14.9 Å². The van der Waals surface area contributed by atoms with Crippen molar-refractivity contribution in [2.75, 3.05) is 25.6 Å². The summed E-state index contributed by atoms with van der Waals surface area (Å²) in [5, 5.41) is 14.7. The van der Waals surface area contributed by atoms with Gasteiger partial charge in [0.05, 0.1) is 10.6 Å². The molecule has 0 saturated carbocycles. The van der Waals surface area contributed by atoms with Crippen LogP contribution in [-0.2, 0) is 16.0 Å². The van der Waals surface area contributed by atoms with Crippen molar-refractivity contribution in [2.24, 2.45) is 0 Å². The highest BCUT2D eigenvalue weighted by atomic mass is 35.5. The predicted molar refractivity (Wildman–Crippen MR) is 87.9 cm³/mol. The van der Waals surface area contributed by atoms with Crippen molar-refractivity contribution in [3.63, 3.8) is 0 Å². The molecule has 2 rings (SSSR count). The van der Waals surface area contributed by atoms with E-state index in [1.807, 2.05) is 0 Å². The number of carbonyl (C=O) groups excluding carboxylic acids is 2. The Balaban J connectivity index is 1.80. The van der Waals surface area contributed by atoms with Crippen molar-refractivity contribution in [3.8, 4) is 0 Å². The van der Waals surface area contributed by atoms with Crippen LogP contribution in [0.2, 0.25) is 5.02 Å². The van der Waals surface area contributed by atoms with Crippen molar-refractivity contribution in [1.82, 2.24) is 15.5 Å². The number of aromatic nitrogens is 2. The molecule has 2 aromatic rings. The number of ether oxygens (including phenoxy) is 1. The van der Waals surface area contributed by atoms with E-state index >= 15 is 0 Å². The largest absolute Gasteiger partial charge is 0.375 e. The number of carbonyl (C=O) groups is 2. The predicted octanol–water partition coefficient (Wildman–Crippen LogP) is 1.75. The number of hydrogen-bond donors (Lipinski definition) is 2. The van der Waals surface area contributed by atoms with E-state index < -0.39 is 0 Å². The summed E-state index contributed by atoms with van der Waals surface area (Å²) in [5.41, 5.74) is 0.430. The quantitative estimate of drug-likeness (QED) is 0.790. The fourth-order valence-electron chi connectivity index (χ4n) is 1.72. The number of amides is 2. The molecule has 0 radical (unpaired) electrons. The van der Waals surface area contributed by atoms with E-state index in [-0.39, 0.29) is 18.4 Å². The maximum Gasteiger partial charge on any atom is 0.252 e. The molecule has 0 aliphatic carbocycles. The molecule has 1 aromatic heterocycles. The average Bonchev–Trinajstić information content (AvgIpc) is 2.95. The van der Waals surface area contributed by atoms with E-state index in [1.165, 1.54) is 18.4 Å². The number of hydrogen-bond acceptors (Lipinski definition) is 6. The molecule has 2 N–H and O–H groups in total. The minimum absolute atomic E-state index is 0.0389. The molecule has 0 fully saturated rings. The van der Waals surface area contributed by atoms with E-state index in [2.05, 4.69) is 20.8 Å². The molecule has 2 amide bonds. The molecule has 1 heterocycles. The first-order valence-corrected chi connectivity index (χ1v) is 7.93. The number of nitrogens with one attached hydrogen (secondary N) is 2. The van der Waals surface area contributed by atoms with Gasteiger partial charge in [0.2, 0.25) is 5.13 Å². The summed E-state index contributed by atoms with van der Waals surface area (Å²) in [6.07, 6.45) is 0.508. The van der Waals surface area contributed by atoms with Crippen molar-refractivity contribution in [2.45, 2.75) is 6.42 Å². The Kier molecular flexibility index (Phi) is 6.45. The van der Waals surface area contributed by atoms with Crippen molar-refractivity contribution in [3.05, 3.63) is 39.9 Å². The SMILES string of the molecule is COCC(=O)Nc1nnc(CCNC(=O)c2ccccc2Cl)s1. The second kappa shape index (κ2) is 8.56. The highest BCUT2D eigenvalue weighted by Gasteiger charge is 2.10. The molecule has 0 spiro atoms. The van der Waals surface area contributed by atoms with Crippen LogP contribution in [0.1, 0.15) is 15.4 Å². The molecule has 0 aliphatic rings. The van der Waals surface area contributed by atoms with Crippen molar-refractivity contribution in [1.29, 1.82) is 0 Å². The zero-order valence-corrected chi connectivity index (χ0v) is 13.9. The molecule has 1 aromatic carbocycles. The fraction of sp³-hybridized carbons (Fsp3) is 0.286. The normalized spacial score (nSPS) is 10.3. The first kappa shape index (κ1) is 17.3. The molecule has 9 heteroatoms. The molecule has 0 unspecified atom stereocenters. The standard InChI is InChI=1S/C14H15ClN4O3S/c1-22-8-11(20)17-14-19-18-12(23-14)6-7-16-13(21)9-4-2-3-5-10(9)15/h2-5H,6-8H2,1H3,(H,16,21)(H,17,19,20). The van der Waals surface area contributed by atoms with Gasteiger partial charge < -0.3 is 10.1 Å². The van der Waals surface area contributed by atoms with Gasteiger partial charge in [0, 0.05) is 20.1 Å². The Morgan fingerprint density at radius 2 is 2.09 bits per heavy atom. The van der Waals surface area contributed by atoms with Crippen molar-refractivity contribution >= 4 is 39.9 Å². The van der Waals surface area contributed by atoms with Crippen LogP contribution in [0.15, 0.2) is 24.3 Å². The van der Waals surface area contributed by atoms with E-state index in [0.717, 1.165) is 0 Å². The zero-order valence-electron chi connectivity index (χ0n) is 12.3. The summed E-state index contributed by atoms with van der Waals surface area (Å²) >= 11 is 7.21. The summed E-state index contributed by atoms with van der Waals surface area (Å²) in [5.74, 6) is -0.532. The molecular weight excluding hydrogens is 340 g/mol. The summed E-state index contributed by atoms with van der Waals surface area (Å²) in [7, 11) is 1.44. The summed E-state index contributed by atoms with van der Waals surface area (Å²) in [4.78, 5) is 23.3. The number of methoxy groups -OCH3 is 1. The van der Waals surface area contributed by atoms with Crippen LogP contribution in [0, 0.1) is 0 Å². The molecule has 23 heavy (non-hydrogen) atoms. The van der Waals surface area contributed by atoms with Gasteiger partial charge in [-0.15, -0.1) is 10.2 Å². The highest BCUT2D eigenvalue weighted by molar-refractivity contribution is 7.15. The van der Waals surface area contributed by atoms with Gasteiger partial charge in [0.1, 0.15) is 11.6 Å². The maximum atomic E-state index is 12.0. The molecule has 0 atom stereocenters. The van der Waals surface area contributed by atoms with Crippen molar-refractivity contribution < 1.29 is 14.3 Å². The minimum atomic E-state index is -0.290. The molecule has 7 nitrogen and oxygen atoms in total. The van der Waals surface area contributed by atoms with Crippen LogP contribution >= 0.6 is 22.9 Å². The Morgan fingerprint density at radius 3 is 2.83 bits per heavy atom. The van der Waals surface area contributed by atoms with Crippen LogP contribution in [-0.4, -0.2) is 42.3 Å². The van der Waals surface area contributed by atoms with Gasteiger partial charge >= 0.3 is 0 Å². The lowest BCUT2D eigenvalue weighted by Crippen LogP contribution is -2.25. The van der Waals surface area contributed by atoms with Gasteiger partial charge in [0.25, 0.3) is 11.8 Å². The Bertz CT molecular complexity index is 692. The summed E-state index contributed by atoms with van der Waals surface area (Å²) in [6.45, 7) is 0.355. The fourth-order valence-corrected chi connectivity index (χ4v) is 2.69. The van der Waals surface area contributed by atoms with Crippen LogP contribution in [0.5, 0.6) is 0 Å². The smallest absolute Gasteiger partial charge is 0.252 e. The first-order chi connectivity index (χ1) is 11.1. The van der Waals surface area contributed by atoms with Gasteiger partial charge in [0.15, 0.2) is 0 Å². The van der Waals surface area contributed by atoms with Crippen LogP contribution in [0.3, 0.4) is 0 Å². The van der Waals surface area contributed by atoms with Gasteiger partial charge in [-0.1, -0.05) is 35.1 Å². The third-order valence-electron chi connectivity index (χ3n) is 2.73. The lowest BCUT2D eigenvalue weighted by Gasteiger charge is -2.05. The third kappa shape index (κ3) is 5.27. The van der Waals surface area contributed by atoms with E-state index in [4.69, 9.17) is 16.3 Å². The molecular formula is C14H15ClN4O3S. The number of halogens is 1. The molecule has 0 aliphatic heterocycles. The Hall–Kier alpha value is -2.03. The molecule has 0 bridgehead atoms. The number of benzene rings is 1. The van der Waals surface area contributed by atoms with E-state index in [1.54, 1.807) is 24.3 Å². The highest BCUT2D eigenvalue weighted by Crippen LogP contribution is 2.16. The Morgan fingerprint density at radius 1 is 1.30 bits per heavy atom. The molecule has 0 saturated heterocycles. The minimum Gasteiger partial charge on any atom is -0.375 e. The summed E-state index contributed by atoms with van der Waals surface area (Å²) in [6, 6.07) is 6.84. The Labute approximate surface area is 142 Å².